The smallest absolute Gasteiger partial charge is 0.0162 e. The van der Waals surface area contributed by atoms with Gasteiger partial charge in [-0.2, -0.15) is 0 Å². The van der Waals surface area contributed by atoms with Crippen LogP contribution in [0.15, 0.2) is 30.3 Å². The summed E-state index contributed by atoms with van der Waals surface area (Å²) in [6, 6.07) is 12.2. The summed E-state index contributed by atoms with van der Waals surface area (Å²) in [4.78, 5) is 0. The highest BCUT2D eigenvalue weighted by atomic mass is 14.2. The van der Waals surface area contributed by atoms with E-state index in [-0.39, 0.29) is 0 Å². The number of rotatable bonds is 1. The molecular formula is C20H24. The molecule has 1 saturated carbocycles. The first-order chi connectivity index (χ1) is 9.90. The predicted octanol–water partition coefficient (Wildman–Crippen LogP) is 5.77. The van der Waals surface area contributed by atoms with Crippen LogP contribution in [0, 0.1) is 0 Å². The molecule has 0 aromatic heterocycles. The Labute approximate surface area is 122 Å². The lowest BCUT2D eigenvalue weighted by Gasteiger charge is -2.23. The van der Waals surface area contributed by atoms with Crippen molar-refractivity contribution in [2.24, 2.45) is 0 Å². The SMILES string of the molecule is c1cc2cc3c(cc2cc1C1CCCCC1)CCCC3. The van der Waals surface area contributed by atoms with Gasteiger partial charge in [0.1, 0.15) is 0 Å². The van der Waals surface area contributed by atoms with Crippen molar-refractivity contribution in [1.82, 2.24) is 0 Å². The van der Waals surface area contributed by atoms with Crippen LogP contribution < -0.4 is 0 Å². The van der Waals surface area contributed by atoms with Gasteiger partial charge in [0.05, 0.1) is 0 Å². The largest absolute Gasteiger partial charge is 0.0581 e. The summed E-state index contributed by atoms with van der Waals surface area (Å²) in [5, 5.41) is 2.93. The molecule has 2 aliphatic rings. The number of aryl methyl sites for hydroxylation is 2. The van der Waals surface area contributed by atoms with Crippen molar-refractivity contribution in [2.45, 2.75) is 63.7 Å². The second-order valence-electron chi connectivity index (χ2n) is 6.77. The number of benzene rings is 2. The average Bonchev–Trinajstić information content (AvgIpc) is 2.53. The van der Waals surface area contributed by atoms with Crippen molar-refractivity contribution < 1.29 is 0 Å². The molecule has 0 saturated heterocycles. The van der Waals surface area contributed by atoms with Gasteiger partial charge < -0.3 is 0 Å². The number of fused-ring (bicyclic) bond motifs is 2. The van der Waals surface area contributed by atoms with Crippen LogP contribution in [0.1, 0.15) is 67.6 Å². The first kappa shape index (κ1) is 12.4. The van der Waals surface area contributed by atoms with Gasteiger partial charge in [0.15, 0.2) is 0 Å². The summed E-state index contributed by atoms with van der Waals surface area (Å²) in [7, 11) is 0. The van der Waals surface area contributed by atoms with Crippen LogP contribution in [-0.2, 0) is 12.8 Å². The Bertz CT molecular complexity index is 617. The van der Waals surface area contributed by atoms with Gasteiger partial charge in [-0.1, -0.05) is 49.6 Å². The third kappa shape index (κ3) is 2.26. The second-order valence-corrected chi connectivity index (χ2v) is 6.77. The van der Waals surface area contributed by atoms with Crippen LogP contribution in [0.5, 0.6) is 0 Å². The zero-order valence-electron chi connectivity index (χ0n) is 12.3. The molecule has 0 radical (unpaired) electrons. The summed E-state index contributed by atoms with van der Waals surface area (Å²) in [6.07, 6.45) is 12.4. The zero-order chi connectivity index (χ0) is 13.4. The maximum atomic E-state index is 2.49. The molecule has 0 N–H and O–H groups in total. The Morgan fingerprint density at radius 1 is 0.650 bits per heavy atom. The molecule has 2 aliphatic carbocycles. The molecule has 0 atom stereocenters. The molecule has 20 heavy (non-hydrogen) atoms. The van der Waals surface area contributed by atoms with E-state index >= 15 is 0 Å². The molecule has 0 heterocycles. The fourth-order valence-electron chi connectivity index (χ4n) is 4.20. The van der Waals surface area contributed by atoms with Gasteiger partial charge in [-0.15, -0.1) is 0 Å². The maximum absolute atomic E-state index is 2.49. The standard InChI is InChI=1S/C20H24/c1-2-6-15(7-3-1)18-10-11-19-12-16-8-4-5-9-17(16)13-20(19)14-18/h10-15H,1-9H2. The lowest BCUT2D eigenvalue weighted by Crippen LogP contribution is -2.05. The quantitative estimate of drug-likeness (QED) is 0.613. The Hall–Kier alpha value is -1.30. The molecule has 0 spiro atoms. The maximum Gasteiger partial charge on any atom is -0.0162 e. The number of hydrogen-bond acceptors (Lipinski definition) is 0. The van der Waals surface area contributed by atoms with E-state index in [1.54, 1.807) is 16.7 Å². The minimum Gasteiger partial charge on any atom is -0.0581 e. The molecule has 2 aromatic carbocycles. The van der Waals surface area contributed by atoms with Crippen molar-refractivity contribution in [3.63, 3.8) is 0 Å². The van der Waals surface area contributed by atoms with E-state index < -0.39 is 0 Å². The molecule has 0 nitrogen and oxygen atoms in total. The average molecular weight is 264 g/mol. The van der Waals surface area contributed by atoms with E-state index in [1.165, 1.54) is 68.6 Å². The monoisotopic (exact) mass is 264 g/mol. The minimum absolute atomic E-state index is 0.823. The van der Waals surface area contributed by atoms with Crippen molar-refractivity contribution in [3.05, 3.63) is 47.0 Å². The molecular weight excluding hydrogens is 240 g/mol. The Balaban J connectivity index is 1.74. The van der Waals surface area contributed by atoms with Gasteiger partial charge in [-0.05, 0) is 71.9 Å². The fraction of sp³-hybridized carbons (Fsp3) is 0.500. The van der Waals surface area contributed by atoms with Crippen molar-refractivity contribution in [2.75, 3.05) is 0 Å². The molecule has 0 bridgehead atoms. The normalized spacial score (nSPS) is 20.0. The Morgan fingerprint density at radius 3 is 2.10 bits per heavy atom. The molecule has 2 aromatic rings. The summed E-state index contributed by atoms with van der Waals surface area (Å²) < 4.78 is 0. The second kappa shape index (κ2) is 5.24. The number of hydrogen-bond donors (Lipinski definition) is 0. The van der Waals surface area contributed by atoms with Gasteiger partial charge in [-0.25, -0.2) is 0 Å². The first-order valence-electron chi connectivity index (χ1n) is 8.46. The van der Waals surface area contributed by atoms with Crippen LogP contribution in [0.25, 0.3) is 10.8 Å². The van der Waals surface area contributed by atoms with Crippen LogP contribution in [0.2, 0.25) is 0 Å². The van der Waals surface area contributed by atoms with Crippen molar-refractivity contribution in [1.29, 1.82) is 0 Å². The lowest BCUT2D eigenvalue weighted by molar-refractivity contribution is 0.444. The molecule has 104 valence electrons. The van der Waals surface area contributed by atoms with E-state index in [9.17, 15) is 0 Å². The van der Waals surface area contributed by atoms with Crippen LogP contribution in [0.4, 0.5) is 0 Å². The third-order valence-corrected chi connectivity index (χ3v) is 5.40. The molecule has 4 rings (SSSR count). The first-order valence-corrected chi connectivity index (χ1v) is 8.46. The third-order valence-electron chi connectivity index (χ3n) is 5.40. The Kier molecular flexibility index (Phi) is 3.26. The highest BCUT2D eigenvalue weighted by Gasteiger charge is 2.16. The van der Waals surface area contributed by atoms with Gasteiger partial charge in [-0.3, -0.25) is 0 Å². The summed E-state index contributed by atoms with van der Waals surface area (Å²) >= 11 is 0. The molecule has 0 heteroatoms. The van der Waals surface area contributed by atoms with Crippen LogP contribution in [-0.4, -0.2) is 0 Å². The summed E-state index contributed by atoms with van der Waals surface area (Å²) in [6.45, 7) is 0. The van der Waals surface area contributed by atoms with E-state index in [0.717, 1.165) is 5.92 Å². The van der Waals surface area contributed by atoms with E-state index in [1.807, 2.05) is 0 Å². The van der Waals surface area contributed by atoms with Gasteiger partial charge in [0.25, 0.3) is 0 Å². The highest BCUT2D eigenvalue weighted by molar-refractivity contribution is 5.85. The molecule has 0 aliphatic heterocycles. The van der Waals surface area contributed by atoms with Crippen molar-refractivity contribution >= 4 is 10.8 Å². The fourth-order valence-corrected chi connectivity index (χ4v) is 4.20. The molecule has 0 amide bonds. The minimum atomic E-state index is 0.823. The molecule has 1 fully saturated rings. The summed E-state index contributed by atoms with van der Waals surface area (Å²) in [5.41, 5.74) is 4.81. The van der Waals surface area contributed by atoms with Gasteiger partial charge >= 0.3 is 0 Å². The lowest BCUT2D eigenvalue weighted by atomic mass is 9.82. The zero-order valence-corrected chi connectivity index (χ0v) is 12.3. The van der Waals surface area contributed by atoms with E-state index in [0.29, 0.717) is 0 Å². The van der Waals surface area contributed by atoms with Gasteiger partial charge in [0.2, 0.25) is 0 Å². The van der Waals surface area contributed by atoms with Crippen LogP contribution in [0.3, 0.4) is 0 Å². The van der Waals surface area contributed by atoms with Crippen molar-refractivity contribution in [3.8, 4) is 0 Å². The predicted molar refractivity (Wildman–Crippen MR) is 86.4 cm³/mol. The topological polar surface area (TPSA) is 0 Å². The van der Waals surface area contributed by atoms with E-state index in [2.05, 4.69) is 30.3 Å². The van der Waals surface area contributed by atoms with Gasteiger partial charge in [0, 0.05) is 0 Å². The highest BCUT2D eigenvalue weighted by Crippen LogP contribution is 2.35. The summed E-state index contributed by atoms with van der Waals surface area (Å²) in [5.74, 6) is 0.823. The van der Waals surface area contributed by atoms with Crippen LogP contribution >= 0.6 is 0 Å². The van der Waals surface area contributed by atoms with E-state index in [4.69, 9.17) is 0 Å². The molecule has 0 unspecified atom stereocenters. The Morgan fingerprint density at radius 2 is 1.35 bits per heavy atom.